The summed E-state index contributed by atoms with van der Waals surface area (Å²) < 4.78 is 11.7. The third-order valence-electron chi connectivity index (χ3n) is 3.94. The van der Waals surface area contributed by atoms with Crippen molar-refractivity contribution in [3.8, 4) is 11.5 Å². The van der Waals surface area contributed by atoms with Crippen LogP contribution in [0.1, 0.15) is 21.5 Å². The molecule has 0 unspecified atom stereocenters. The molecule has 0 radical (unpaired) electrons. The number of amides is 1. The van der Waals surface area contributed by atoms with E-state index < -0.39 is 0 Å². The van der Waals surface area contributed by atoms with Gasteiger partial charge in [-0.2, -0.15) is 5.10 Å². The van der Waals surface area contributed by atoms with Gasteiger partial charge in [0, 0.05) is 11.1 Å². The molecule has 0 aliphatic heterocycles. The Morgan fingerprint density at radius 2 is 1.79 bits per heavy atom. The second-order valence-corrected chi connectivity index (χ2v) is 6.71. The third-order valence-corrected chi connectivity index (χ3v) is 4.56. The first-order valence-electron chi connectivity index (χ1n) is 8.60. The van der Waals surface area contributed by atoms with E-state index in [0.717, 1.165) is 11.1 Å². The van der Waals surface area contributed by atoms with Crippen molar-refractivity contribution in [2.45, 2.75) is 6.61 Å². The number of nitrogens with one attached hydrogen (secondary N) is 1. The van der Waals surface area contributed by atoms with Crippen molar-refractivity contribution in [2.75, 3.05) is 7.11 Å². The summed E-state index contributed by atoms with van der Waals surface area (Å²) in [5.41, 5.74) is 4.85. The Hall–Kier alpha value is -3.12. The van der Waals surface area contributed by atoms with Crippen LogP contribution < -0.4 is 14.9 Å². The molecule has 5 nitrogen and oxygen atoms in total. The first kappa shape index (κ1) is 19.6. The zero-order chi connectivity index (χ0) is 19.8. The number of carbonyl (C=O) groups is 1. The predicted octanol–water partition coefficient (Wildman–Crippen LogP) is 4.80. The number of rotatable bonds is 7. The first-order valence-corrected chi connectivity index (χ1v) is 9.39. The number of hydrogen-bond acceptors (Lipinski definition) is 4. The minimum Gasteiger partial charge on any atom is -0.496 e. The number of benzene rings is 3. The fourth-order valence-corrected chi connectivity index (χ4v) is 3.03. The van der Waals surface area contributed by atoms with Crippen molar-refractivity contribution in [2.24, 2.45) is 5.10 Å². The van der Waals surface area contributed by atoms with Crippen LogP contribution in [0.15, 0.2) is 82.4 Å². The van der Waals surface area contributed by atoms with Crippen molar-refractivity contribution < 1.29 is 14.3 Å². The lowest BCUT2D eigenvalue weighted by molar-refractivity contribution is 0.0955. The molecule has 28 heavy (non-hydrogen) atoms. The van der Waals surface area contributed by atoms with Crippen molar-refractivity contribution in [3.05, 3.63) is 94.0 Å². The highest BCUT2D eigenvalue weighted by Gasteiger charge is 2.08. The maximum atomic E-state index is 12.3. The number of carbonyl (C=O) groups excluding carboxylic acids is 1. The molecule has 0 spiro atoms. The molecule has 3 aromatic rings. The normalized spacial score (nSPS) is 10.6. The van der Waals surface area contributed by atoms with Gasteiger partial charge in [0.25, 0.3) is 5.91 Å². The van der Waals surface area contributed by atoms with Crippen molar-refractivity contribution in [1.82, 2.24) is 5.43 Å². The number of methoxy groups -OCH3 is 1. The largest absolute Gasteiger partial charge is 0.496 e. The van der Waals surface area contributed by atoms with Gasteiger partial charge in [-0.25, -0.2) is 5.43 Å². The maximum absolute atomic E-state index is 12.3. The van der Waals surface area contributed by atoms with E-state index in [9.17, 15) is 4.79 Å². The Kier molecular flexibility index (Phi) is 6.81. The number of para-hydroxylation sites is 1. The lowest BCUT2D eigenvalue weighted by atomic mass is 10.2. The smallest absolute Gasteiger partial charge is 0.271 e. The zero-order valence-electron chi connectivity index (χ0n) is 15.3. The zero-order valence-corrected chi connectivity index (χ0v) is 16.8. The summed E-state index contributed by atoms with van der Waals surface area (Å²) in [6.45, 7) is 0.456. The van der Waals surface area contributed by atoms with Crippen LogP contribution in [-0.2, 0) is 6.61 Å². The van der Waals surface area contributed by atoms with E-state index >= 15 is 0 Å². The predicted molar refractivity (Wildman–Crippen MR) is 113 cm³/mol. The van der Waals surface area contributed by atoms with Crippen LogP contribution in [0.2, 0.25) is 0 Å². The van der Waals surface area contributed by atoms with Gasteiger partial charge in [0.2, 0.25) is 0 Å². The molecule has 0 saturated heterocycles. The van der Waals surface area contributed by atoms with Gasteiger partial charge in [-0.3, -0.25) is 4.79 Å². The summed E-state index contributed by atoms with van der Waals surface area (Å²) >= 11 is 3.37. The van der Waals surface area contributed by atoms with E-state index in [0.29, 0.717) is 28.1 Å². The average Bonchev–Trinajstić information content (AvgIpc) is 2.73. The first-order chi connectivity index (χ1) is 13.7. The lowest BCUT2D eigenvalue weighted by Gasteiger charge is -2.09. The number of hydrazone groups is 1. The van der Waals surface area contributed by atoms with Crippen LogP contribution >= 0.6 is 15.9 Å². The Morgan fingerprint density at radius 1 is 1.04 bits per heavy atom. The summed E-state index contributed by atoms with van der Waals surface area (Å²) in [6.07, 6.45) is 1.57. The molecule has 0 aromatic heterocycles. The van der Waals surface area contributed by atoms with E-state index in [2.05, 4.69) is 26.5 Å². The van der Waals surface area contributed by atoms with Crippen LogP contribution in [0.4, 0.5) is 0 Å². The average molecular weight is 439 g/mol. The van der Waals surface area contributed by atoms with Gasteiger partial charge in [0.1, 0.15) is 18.1 Å². The SMILES string of the molecule is COc1ccc(C(=O)NN=Cc2ccccc2OCc2ccccc2)cc1Br. The summed E-state index contributed by atoms with van der Waals surface area (Å²) in [4.78, 5) is 12.3. The van der Waals surface area contributed by atoms with Gasteiger partial charge in [-0.05, 0) is 51.8 Å². The minimum atomic E-state index is -0.317. The van der Waals surface area contributed by atoms with Crippen LogP contribution in [-0.4, -0.2) is 19.2 Å². The second kappa shape index (κ2) is 9.71. The highest BCUT2D eigenvalue weighted by molar-refractivity contribution is 9.10. The Morgan fingerprint density at radius 3 is 2.54 bits per heavy atom. The van der Waals surface area contributed by atoms with Crippen LogP contribution in [0.25, 0.3) is 0 Å². The summed E-state index contributed by atoms with van der Waals surface area (Å²) in [7, 11) is 1.57. The molecule has 0 atom stereocenters. The Labute approximate surface area is 172 Å². The molecule has 0 saturated carbocycles. The van der Waals surface area contributed by atoms with Crippen molar-refractivity contribution >= 4 is 28.1 Å². The molecule has 0 aliphatic carbocycles. The number of halogens is 1. The van der Waals surface area contributed by atoms with Gasteiger partial charge < -0.3 is 9.47 Å². The summed E-state index contributed by atoms with van der Waals surface area (Å²) in [6, 6.07) is 22.5. The summed E-state index contributed by atoms with van der Waals surface area (Å²) in [5, 5.41) is 4.05. The number of nitrogens with zero attached hydrogens (tertiary/aromatic N) is 1. The van der Waals surface area contributed by atoms with E-state index in [-0.39, 0.29) is 5.91 Å². The van der Waals surface area contributed by atoms with Gasteiger partial charge in [0.15, 0.2) is 0 Å². The molecule has 0 fully saturated rings. The fraction of sp³-hybridized carbons (Fsp3) is 0.0909. The molecular weight excluding hydrogens is 420 g/mol. The molecule has 0 aliphatic rings. The van der Waals surface area contributed by atoms with Crippen LogP contribution in [0.3, 0.4) is 0 Å². The van der Waals surface area contributed by atoms with Crippen LogP contribution in [0, 0.1) is 0 Å². The molecule has 0 bridgehead atoms. The third kappa shape index (κ3) is 5.20. The topological polar surface area (TPSA) is 59.9 Å². The number of ether oxygens (including phenoxy) is 2. The molecular formula is C22H19BrN2O3. The molecule has 6 heteroatoms. The standard InChI is InChI=1S/C22H19BrN2O3/c1-27-21-12-11-17(13-19(21)23)22(26)25-24-14-18-9-5-6-10-20(18)28-15-16-7-3-2-4-8-16/h2-14H,15H2,1H3,(H,25,26). The number of hydrogen-bond donors (Lipinski definition) is 1. The highest BCUT2D eigenvalue weighted by Crippen LogP contribution is 2.25. The van der Waals surface area contributed by atoms with E-state index in [4.69, 9.17) is 9.47 Å². The highest BCUT2D eigenvalue weighted by atomic mass is 79.9. The Bertz CT molecular complexity index is 975. The molecule has 1 amide bonds. The quantitative estimate of drug-likeness (QED) is 0.425. The Balaban J connectivity index is 1.64. The lowest BCUT2D eigenvalue weighted by Crippen LogP contribution is -2.17. The molecule has 3 aromatic carbocycles. The second-order valence-electron chi connectivity index (χ2n) is 5.86. The van der Waals surface area contributed by atoms with Crippen molar-refractivity contribution in [3.63, 3.8) is 0 Å². The van der Waals surface area contributed by atoms with Gasteiger partial charge >= 0.3 is 0 Å². The monoisotopic (exact) mass is 438 g/mol. The fourth-order valence-electron chi connectivity index (χ4n) is 2.49. The van der Waals surface area contributed by atoms with Gasteiger partial charge in [0.05, 0.1) is 17.8 Å². The van der Waals surface area contributed by atoms with E-state index in [1.807, 2.05) is 54.6 Å². The molecule has 3 rings (SSSR count). The molecule has 142 valence electrons. The van der Waals surface area contributed by atoms with Gasteiger partial charge in [-0.1, -0.05) is 42.5 Å². The molecule has 1 N–H and O–H groups in total. The van der Waals surface area contributed by atoms with E-state index in [1.54, 1.807) is 31.5 Å². The van der Waals surface area contributed by atoms with Crippen molar-refractivity contribution in [1.29, 1.82) is 0 Å². The minimum absolute atomic E-state index is 0.317. The molecule has 0 heterocycles. The van der Waals surface area contributed by atoms with E-state index in [1.165, 1.54) is 0 Å². The maximum Gasteiger partial charge on any atom is 0.271 e. The van der Waals surface area contributed by atoms with Crippen LogP contribution in [0.5, 0.6) is 11.5 Å². The van der Waals surface area contributed by atoms with Gasteiger partial charge in [-0.15, -0.1) is 0 Å². The summed E-state index contributed by atoms with van der Waals surface area (Å²) in [5.74, 6) is 1.03.